The standard InChI is InChI=1S/C15H19N3O.ClH/c16-13-3-1-11(2-4-13)10-18-15-6-5-14(17)9-12(15)7-8-19;/h1-6,9,18-19H,7-8,10,16-17H2;1H. The van der Waals surface area contributed by atoms with Crippen LogP contribution in [0.15, 0.2) is 42.5 Å². The molecule has 2 aromatic rings. The molecule has 0 fully saturated rings. The fourth-order valence-electron chi connectivity index (χ4n) is 1.95. The van der Waals surface area contributed by atoms with E-state index in [0.29, 0.717) is 18.7 Å². The molecule has 0 radical (unpaired) electrons. The molecule has 0 spiro atoms. The maximum Gasteiger partial charge on any atom is 0.0472 e. The summed E-state index contributed by atoms with van der Waals surface area (Å²) in [6.07, 6.45) is 0.592. The van der Waals surface area contributed by atoms with Crippen molar-refractivity contribution in [3.63, 3.8) is 0 Å². The van der Waals surface area contributed by atoms with Crippen LogP contribution in [0, 0.1) is 0 Å². The number of aliphatic hydroxyl groups excluding tert-OH is 1. The highest BCUT2D eigenvalue weighted by Gasteiger charge is 2.03. The summed E-state index contributed by atoms with van der Waals surface area (Å²) in [6, 6.07) is 13.4. The Morgan fingerprint density at radius 2 is 1.60 bits per heavy atom. The van der Waals surface area contributed by atoms with Crippen LogP contribution < -0.4 is 16.8 Å². The lowest BCUT2D eigenvalue weighted by molar-refractivity contribution is 0.300. The van der Waals surface area contributed by atoms with Crippen molar-refractivity contribution < 1.29 is 5.11 Å². The lowest BCUT2D eigenvalue weighted by atomic mass is 10.1. The second kappa shape index (κ2) is 7.62. The monoisotopic (exact) mass is 293 g/mol. The summed E-state index contributed by atoms with van der Waals surface area (Å²) in [5.41, 5.74) is 16.1. The molecule has 0 aromatic heterocycles. The minimum Gasteiger partial charge on any atom is -0.399 e. The van der Waals surface area contributed by atoms with Gasteiger partial charge >= 0.3 is 0 Å². The molecular formula is C15H20ClN3O. The third-order valence-corrected chi connectivity index (χ3v) is 2.97. The van der Waals surface area contributed by atoms with E-state index in [9.17, 15) is 0 Å². The van der Waals surface area contributed by atoms with Crippen LogP contribution in [0.4, 0.5) is 17.1 Å². The SMILES string of the molecule is Cl.Nc1ccc(CNc2ccc(N)cc2CCO)cc1. The molecule has 108 valence electrons. The lowest BCUT2D eigenvalue weighted by Gasteiger charge is -2.12. The summed E-state index contributed by atoms with van der Waals surface area (Å²) in [5.74, 6) is 0. The summed E-state index contributed by atoms with van der Waals surface area (Å²) < 4.78 is 0. The van der Waals surface area contributed by atoms with Crippen molar-refractivity contribution in [2.75, 3.05) is 23.4 Å². The molecule has 0 heterocycles. The van der Waals surface area contributed by atoms with E-state index in [1.165, 1.54) is 0 Å². The number of halogens is 1. The Kier molecular flexibility index (Phi) is 6.15. The third-order valence-electron chi connectivity index (χ3n) is 2.97. The quantitative estimate of drug-likeness (QED) is 0.638. The van der Waals surface area contributed by atoms with Gasteiger partial charge in [-0.3, -0.25) is 0 Å². The molecule has 0 saturated carbocycles. The first-order valence-electron chi connectivity index (χ1n) is 6.26. The van der Waals surface area contributed by atoms with Gasteiger partial charge in [-0.15, -0.1) is 12.4 Å². The molecule has 4 nitrogen and oxygen atoms in total. The van der Waals surface area contributed by atoms with Gasteiger partial charge in [0, 0.05) is 30.2 Å². The van der Waals surface area contributed by atoms with Crippen molar-refractivity contribution in [2.24, 2.45) is 0 Å². The Balaban J connectivity index is 0.00000200. The molecule has 5 heteroatoms. The summed E-state index contributed by atoms with van der Waals surface area (Å²) in [7, 11) is 0. The largest absolute Gasteiger partial charge is 0.399 e. The van der Waals surface area contributed by atoms with E-state index >= 15 is 0 Å². The first kappa shape index (κ1) is 16.1. The zero-order valence-corrected chi connectivity index (χ0v) is 12.0. The van der Waals surface area contributed by atoms with Crippen molar-refractivity contribution >= 4 is 29.5 Å². The van der Waals surface area contributed by atoms with E-state index in [4.69, 9.17) is 16.6 Å². The van der Waals surface area contributed by atoms with Crippen LogP contribution in [0.3, 0.4) is 0 Å². The highest BCUT2D eigenvalue weighted by Crippen LogP contribution is 2.20. The molecule has 0 aliphatic heterocycles. The maximum atomic E-state index is 9.07. The average Bonchev–Trinajstić information content (AvgIpc) is 2.40. The zero-order valence-electron chi connectivity index (χ0n) is 11.2. The summed E-state index contributed by atoms with van der Waals surface area (Å²) in [4.78, 5) is 0. The van der Waals surface area contributed by atoms with E-state index in [-0.39, 0.29) is 19.0 Å². The first-order chi connectivity index (χ1) is 9.19. The lowest BCUT2D eigenvalue weighted by Crippen LogP contribution is -2.04. The molecule has 0 atom stereocenters. The van der Waals surface area contributed by atoms with E-state index in [1.807, 2.05) is 42.5 Å². The fraction of sp³-hybridized carbons (Fsp3) is 0.200. The van der Waals surface area contributed by atoms with Crippen molar-refractivity contribution in [1.29, 1.82) is 0 Å². The van der Waals surface area contributed by atoms with E-state index < -0.39 is 0 Å². The zero-order chi connectivity index (χ0) is 13.7. The normalized spacial score (nSPS) is 9.85. The summed E-state index contributed by atoms with van der Waals surface area (Å²) in [5, 5.41) is 12.4. The minimum atomic E-state index is 0. The Morgan fingerprint density at radius 1 is 0.950 bits per heavy atom. The maximum absolute atomic E-state index is 9.07. The predicted octanol–water partition coefficient (Wildman–Crippen LogP) is 2.42. The molecule has 0 aliphatic carbocycles. The number of aliphatic hydroxyl groups is 1. The molecule has 0 amide bonds. The van der Waals surface area contributed by atoms with Gasteiger partial charge in [0.05, 0.1) is 0 Å². The van der Waals surface area contributed by atoms with Gasteiger partial charge in [-0.2, -0.15) is 0 Å². The summed E-state index contributed by atoms with van der Waals surface area (Å²) in [6.45, 7) is 0.822. The molecule has 0 aliphatic rings. The smallest absolute Gasteiger partial charge is 0.0472 e. The molecule has 20 heavy (non-hydrogen) atoms. The second-order valence-corrected chi connectivity index (χ2v) is 4.49. The van der Waals surface area contributed by atoms with Gasteiger partial charge in [0.2, 0.25) is 0 Å². The Hall–Kier alpha value is -1.91. The van der Waals surface area contributed by atoms with Crippen LogP contribution in [-0.2, 0) is 13.0 Å². The van der Waals surface area contributed by atoms with Crippen molar-refractivity contribution in [2.45, 2.75) is 13.0 Å². The topological polar surface area (TPSA) is 84.3 Å². The molecule has 2 rings (SSSR count). The number of anilines is 3. The van der Waals surface area contributed by atoms with Gasteiger partial charge in [-0.05, 0) is 47.9 Å². The first-order valence-corrected chi connectivity index (χ1v) is 6.26. The van der Waals surface area contributed by atoms with E-state index in [2.05, 4.69) is 5.32 Å². The van der Waals surface area contributed by atoms with Gasteiger partial charge < -0.3 is 21.9 Å². The average molecular weight is 294 g/mol. The van der Waals surface area contributed by atoms with Crippen LogP contribution in [0.5, 0.6) is 0 Å². The van der Waals surface area contributed by atoms with E-state index in [1.54, 1.807) is 0 Å². The summed E-state index contributed by atoms with van der Waals surface area (Å²) >= 11 is 0. The number of hydrogen-bond acceptors (Lipinski definition) is 4. The van der Waals surface area contributed by atoms with Crippen molar-refractivity contribution in [3.05, 3.63) is 53.6 Å². The molecular weight excluding hydrogens is 274 g/mol. The van der Waals surface area contributed by atoms with Gasteiger partial charge in [0.25, 0.3) is 0 Å². The van der Waals surface area contributed by atoms with Crippen molar-refractivity contribution in [3.8, 4) is 0 Å². The van der Waals surface area contributed by atoms with Crippen LogP contribution in [-0.4, -0.2) is 11.7 Å². The van der Waals surface area contributed by atoms with Gasteiger partial charge in [0.1, 0.15) is 0 Å². The highest BCUT2D eigenvalue weighted by molar-refractivity contribution is 5.85. The second-order valence-electron chi connectivity index (χ2n) is 4.49. The van der Waals surface area contributed by atoms with Gasteiger partial charge in [-0.25, -0.2) is 0 Å². The van der Waals surface area contributed by atoms with Crippen LogP contribution in [0.25, 0.3) is 0 Å². The van der Waals surface area contributed by atoms with Crippen molar-refractivity contribution in [1.82, 2.24) is 0 Å². The molecule has 0 saturated heterocycles. The number of rotatable bonds is 5. The molecule has 2 aromatic carbocycles. The van der Waals surface area contributed by atoms with Crippen LogP contribution in [0.2, 0.25) is 0 Å². The Morgan fingerprint density at radius 3 is 2.25 bits per heavy atom. The molecule has 0 unspecified atom stereocenters. The van der Waals surface area contributed by atoms with Crippen LogP contribution >= 0.6 is 12.4 Å². The highest BCUT2D eigenvalue weighted by atomic mass is 35.5. The Bertz CT molecular complexity index is 543. The van der Waals surface area contributed by atoms with E-state index in [0.717, 1.165) is 22.5 Å². The number of nitrogens with two attached hydrogens (primary N) is 2. The number of nitrogens with one attached hydrogen (secondary N) is 1. The Labute approximate surface area is 125 Å². The fourth-order valence-corrected chi connectivity index (χ4v) is 1.95. The third kappa shape index (κ3) is 4.33. The van der Waals surface area contributed by atoms with Gasteiger partial charge in [-0.1, -0.05) is 12.1 Å². The molecule has 6 N–H and O–H groups in total. The number of benzene rings is 2. The van der Waals surface area contributed by atoms with Gasteiger partial charge in [0.15, 0.2) is 0 Å². The minimum absolute atomic E-state index is 0. The predicted molar refractivity (Wildman–Crippen MR) is 87.1 cm³/mol. The molecule has 0 bridgehead atoms. The number of nitrogen functional groups attached to an aromatic ring is 2. The van der Waals surface area contributed by atoms with Crippen LogP contribution in [0.1, 0.15) is 11.1 Å². The number of hydrogen-bond donors (Lipinski definition) is 4.